The van der Waals surface area contributed by atoms with Crippen LogP contribution in [0.4, 0.5) is 0 Å². The lowest BCUT2D eigenvalue weighted by molar-refractivity contribution is 0.227. The van der Waals surface area contributed by atoms with Crippen molar-refractivity contribution in [2.24, 2.45) is 5.73 Å². The van der Waals surface area contributed by atoms with Crippen LogP contribution >= 0.6 is 11.6 Å². The molecule has 0 amide bonds. The Morgan fingerprint density at radius 3 is 2.29 bits per heavy atom. The van der Waals surface area contributed by atoms with Crippen LogP contribution < -0.4 is 5.73 Å². The number of rotatable bonds is 2. The maximum atomic E-state index is 7.92. The van der Waals surface area contributed by atoms with Crippen LogP contribution in [0.15, 0.2) is 24.3 Å². The van der Waals surface area contributed by atoms with Crippen LogP contribution in [0.3, 0.4) is 0 Å². The molecule has 4 heteroatoms. The van der Waals surface area contributed by atoms with Gasteiger partial charge in [-0.15, -0.1) is 0 Å². The number of amidine groups is 1. The lowest BCUT2D eigenvalue weighted by Crippen LogP contribution is -2.48. The molecule has 17 heavy (non-hydrogen) atoms. The molecule has 0 bridgehead atoms. The van der Waals surface area contributed by atoms with Gasteiger partial charge in [0.25, 0.3) is 0 Å². The van der Waals surface area contributed by atoms with Crippen molar-refractivity contribution in [1.82, 2.24) is 4.90 Å². The smallest absolute Gasteiger partial charge is 0.101 e. The average Bonchev–Trinajstić information content (AvgIpc) is 2.31. The summed E-state index contributed by atoms with van der Waals surface area (Å²) in [5.41, 5.74) is 6.67. The number of hydrogen-bond donors (Lipinski definition) is 2. The number of benzene rings is 1. The molecule has 2 rings (SSSR count). The topological polar surface area (TPSA) is 53.1 Å². The quantitative estimate of drug-likeness (QED) is 0.626. The summed E-state index contributed by atoms with van der Waals surface area (Å²) in [6.45, 7) is 1.95. The first-order valence-corrected chi connectivity index (χ1v) is 6.21. The van der Waals surface area contributed by atoms with Crippen LogP contribution in [0, 0.1) is 5.41 Å². The predicted octanol–water partition coefficient (Wildman–Crippen LogP) is 2.24. The zero-order chi connectivity index (χ0) is 12.5. The Bertz CT molecular complexity index is 405. The van der Waals surface area contributed by atoms with E-state index in [1.807, 2.05) is 24.3 Å². The Kier molecular flexibility index (Phi) is 3.40. The van der Waals surface area contributed by atoms with Gasteiger partial charge in [-0.3, -0.25) is 5.41 Å². The molecule has 1 aliphatic rings. The number of likely N-dealkylation sites (tertiary alicyclic amines) is 1. The van der Waals surface area contributed by atoms with Crippen molar-refractivity contribution in [3.63, 3.8) is 0 Å². The van der Waals surface area contributed by atoms with E-state index in [4.69, 9.17) is 22.7 Å². The molecule has 0 saturated carbocycles. The predicted molar refractivity (Wildman–Crippen MR) is 71.8 cm³/mol. The number of piperidine rings is 1. The maximum Gasteiger partial charge on any atom is 0.101 e. The highest BCUT2D eigenvalue weighted by atomic mass is 35.5. The highest BCUT2D eigenvalue weighted by molar-refractivity contribution is 6.30. The number of nitrogens with one attached hydrogen (secondary N) is 1. The van der Waals surface area contributed by atoms with Gasteiger partial charge < -0.3 is 10.6 Å². The Hall–Kier alpha value is -1.06. The molecule has 1 aromatic carbocycles. The van der Waals surface area contributed by atoms with E-state index in [0.29, 0.717) is 0 Å². The first-order chi connectivity index (χ1) is 8.04. The fraction of sp³-hybridized carbons (Fsp3) is 0.462. The number of halogens is 1. The Morgan fingerprint density at radius 2 is 1.82 bits per heavy atom. The van der Waals surface area contributed by atoms with Crippen LogP contribution in [-0.2, 0) is 5.41 Å². The minimum absolute atomic E-state index is 0.271. The van der Waals surface area contributed by atoms with Crippen LogP contribution in [0.1, 0.15) is 18.4 Å². The SMILES string of the molecule is CN1CCC(C(=N)N)(c2ccc(Cl)cc2)CC1. The molecular weight excluding hydrogens is 234 g/mol. The lowest BCUT2D eigenvalue weighted by Gasteiger charge is -2.40. The third-order valence-corrected chi connectivity index (χ3v) is 4.00. The van der Waals surface area contributed by atoms with Gasteiger partial charge in [0, 0.05) is 5.02 Å². The molecule has 0 aromatic heterocycles. The summed E-state index contributed by atoms with van der Waals surface area (Å²) < 4.78 is 0. The van der Waals surface area contributed by atoms with Gasteiger partial charge in [0.05, 0.1) is 5.41 Å². The minimum atomic E-state index is -0.295. The summed E-state index contributed by atoms with van der Waals surface area (Å²) in [6.07, 6.45) is 1.81. The van der Waals surface area contributed by atoms with Crippen molar-refractivity contribution in [2.45, 2.75) is 18.3 Å². The molecular formula is C13H18ClN3. The lowest BCUT2D eigenvalue weighted by atomic mass is 9.72. The molecule has 0 spiro atoms. The van der Waals surface area contributed by atoms with Gasteiger partial charge in [-0.05, 0) is 50.7 Å². The standard InChI is InChI=1S/C13H18ClN3/c1-17-8-6-13(7-9-17,12(15)16)10-2-4-11(14)5-3-10/h2-5H,6-9H2,1H3,(H3,15,16). The summed E-state index contributed by atoms with van der Waals surface area (Å²) in [7, 11) is 2.10. The third-order valence-electron chi connectivity index (χ3n) is 3.75. The van der Waals surface area contributed by atoms with Crippen molar-refractivity contribution in [1.29, 1.82) is 5.41 Å². The second-order valence-corrected chi connectivity index (χ2v) is 5.24. The van der Waals surface area contributed by atoms with Gasteiger partial charge in [-0.2, -0.15) is 0 Å². The molecule has 92 valence electrons. The summed E-state index contributed by atoms with van der Waals surface area (Å²) in [5.74, 6) is 0.271. The highest BCUT2D eigenvalue weighted by Gasteiger charge is 2.38. The van der Waals surface area contributed by atoms with Gasteiger partial charge in [-0.25, -0.2) is 0 Å². The van der Waals surface area contributed by atoms with Crippen LogP contribution in [0.2, 0.25) is 5.02 Å². The van der Waals surface area contributed by atoms with Crippen molar-refractivity contribution in [3.05, 3.63) is 34.9 Å². The number of hydrogen-bond acceptors (Lipinski definition) is 2. The molecule has 0 unspecified atom stereocenters. The minimum Gasteiger partial charge on any atom is -0.387 e. The van der Waals surface area contributed by atoms with Crippen molar-refractivity contribution < 1.29 is 0 Å². The number of nitrogens with two attached hydrogens (primary N) is 1. The van der Waals surface area contributed by atoms with Gasteiger partial charge in [0.15, 0.2) is 0 Å². The van der Waals surface area contributed by atoms with Crippen molar-refractivity contribution >= 4 is 17.4 Å². The molecule has 1 heterocycles. The normalized spacial score (nSPS) is 20.1. The number of nitrogens with zero attached hydrogens (tertiary/aromatic N) is 1. The largest absolute Gasteiger partial charge is 0.387 e. The second kappa shape index (κ2) is 4.67. The molecule has 0 atom stereocenters. The van der Waals surface area contributed by atoms with Crippen LogP contribution in [0.25, 0.3) is 0 Å². The fourth-order valence-corrected chi connectivity index (χ4v) is 2.61. The summed E-state index contributed by atoms with van der Waals surface area (Å²) in [4.78, 5) is 2.27. The van der Waals surface area contributed by atoms with E-state index < -0.39 is 0 Å². The molecule has 3 N–H and O–H groups in total. The molecule has 1 saturated heterocycles. The van der Waals surface area contributed by atoms with Gasteiger partial charge in [0.2, 0.25) is 0 Å². The Morgan fingerprint density at radius 1 is 1.29 bits per heavy atom. The zero-order valence-corrected chi connectivity index (χ0v) is 10.8. The fourth-order valence-electron chi connectivity index (χ4n) is 2.48. The molecule has 1 aliphatic heterocycles. The van der Waals surface area contributed by atoms with Gasteiger partial charge in [-0.1, -0.05) is 23.7 Å². The van der Waals surface area contributed by atoms with Crippen molar-refractivity contribution in [2.75, 3.05) is 20.1 Å². The molecule has 0 radical (unpaired) electrons. The monoisotopic (exact) mass is 251 g/mol. The van der Waals surface area contributed by atoms with Crippen LogP contribution in [-0.4, -0.2) is 30.9 Å². The van der Waals surface area contributed by atoms with E-state index in [0.717, 1.165) is 36.5 Å². The van der Waals surface area contributed by atoms with Gasteiger partial charge in [0.1, 0.15) is 5.84 Å². The molecule has 3 nitrogen and oxygen atoms in total. The summed E-state index contributed by atoms with van der Waals surface area (Å²) >= 11 is 5.91. The maximum absolute atomic E-state index is 7.92. The Balaban J connectivity index is 2.35. The zero-order valence-electron chi connectivity index (χ0n) is 10.0. The van der Waals surface area contributed by atoms with E-state index >= 15 is 0 Å². The molecule has 1 aromatic rings. The van der Waals surface area contributed by atoms with E-state index in [-0.39, 0.29) is 11.3 Å². The Labute approximate surface area is 107 Å². The first-order valence-electron chi connectivity index (χ1n) is 5.84. The summed E-state index contributed by atoms with van der Waals surface area (Å²) in [6, 6.07) is 7.74. The highest BCUT2D eigenvalue weighted by Crippen LogP contribution is 2.35. The van der Waals surface area contributed by atoms with Crippen molar-refractivity contribution in [3.8, 4) is 0 Å². The van der Waals surface area contributed by atoms with E-state index in [2.05, 4.69) is 11.9 Å². The second-order valence-electron chi connectivity index (χ2n) is 4.81. The summed E-state index contributed by atoms with van der Waals surface area (Å²) in [5, 5.41) is 8.64. The molecule has 1 fully saturated rings. The average molecular weight is 252 g/mol. The van der Waals surface area contributed by atoms with Crippen LogP contribution in [0.5, 0.6) is 0 Å². The van der Waals surface area contributed by atoms with E-state index in [9.17, 15) is 0 Å². The van der Waals surface area contributed by atoms with Gasteiger partial charge >= 0.3 is 0 Å². The first kappa shape index (κ1) is 12.4. The van der Waals surface area contributed by atoms with E-state index in [1.54, 1.807) is 0 Å². The van der Waals surface area contributed by atoms with E-state index in [1.165, 1.54) is 0 Å². The third kappa shape index (κ3) is 2.31. The molecule has 0 aliphatic carbocycles.